The molecule has 0 unspecified atom stereocenters. The number of amides is 2. The third kappa shape index (κ3) is 16.7. The lowest BCUT2D eigenvalue weighted by Crippen LogP contribution is -2.36. The summed E-state index contributed by atoms with van der Waals surface area (Å²) in [5.74, 6) is -0.783. The van der Waals surface area contributed by atoms with Crippen molar-refractivity contribution in [3.05, 3.63) is 0 Å². The van der Waals surface area contributed by atoms with Crippen LogP contribution in [0.4, 0.5) is 4.79 Å². The van der Waals surface area contributed by atoms with Crippen LogP contribution in [0.3, 0.4) is 0 Å². The molecular formula is C16H32N2O3. The Morgan fingerprint density at radius 2 is 1.24 bits per heavy atom. The molecule has 0 heterocycles. The third-order valence-corrected chi connectivity index (χ3v) is 3.42. The Bertz CT molecular complexity index is 270. The summed E-state index contributed by atoms with van der Waals surface area (Å²) in [6.07, 6.45) is 11.5. The molecule has 0 aliphatic rings. The van der Waals surface area contributed by atoms with Gasteiger partial charge in [-0.1, -0.05) is 51.9 Å². The second kappa shape index (κ2) is 15.1. The van der Waals surface area contributed by atoms with E-state index >= 15 is 0 Å². The van der Waals surface area contributed by atoms with Crippen LogP contribution in [0.2, 0.25) is 0 Å². The molecule has 0 rings (SSSR count). The van der Waals surface area contributed by atoms with E-state index in [4.69, 9.17) is 5.11 Å². The Labute approximate surface area is 128 Å². The van der Waals surface area contributed by atoms with Crippen molar-refractivity contribution in [3.63, 3.8) is 0 Å². The summed E-state index contributed by atoms with van der Waals surface area (Å²) in [5, 5.41) is 14.0. The molecule has 0 aliphatic carbocycles. The first-order valence-corrected chi connectivity index (χ1v) is 8.40. The molecule has 5 heteroatoms. The average molecular weight is 300 g/mol. The number of aliphatic carboxylic acids is 1. The van der Waals surface area contributed by atoms with E-state index in [9.17, 15) is 9.59 Å². The second-order valence-corrected chi connectivity index (χ2v) is 5.51. The summed E-state index contributed by atoms with van der Waals surface area (Å²) in [6, 6.07) is -0.145. The molecule has 0 atom stereocenters. The van der Waals surface area contributed by atoms with Crippen LogP contribution in [0.15, 0.2) is 0 Å². The molecule has 0 saturated heterocycles. The van der Waals surface area contributed by atoms with E-state index < -0.39 is 5.97 Å². The largest absolute Gasteiger partial charge is 0.481 e. The molecule has 124 valence electrons. The van der Waals surface area contributed by atoms with E-state index in [0.29, 0.717) is 19.4 Å². The van der Waals surface area contributed by atoms with Gasteiger partial charge in [-0.2, -0.15) is 0 Å². The number of rotatable bonds is 14. The number of hydrogen-bond donors (Lipinski definition) is 3. The van der Waals surface area contributed by atoms with Gasteiger partial charge in [-0.05, 0) is 19.3 Å². The highest BCUT2D eigenvalue weighted by Gasteiger charge is 2.00. The van der Waals surface area contributed by atoms with E-state index in [1.54, 1.807) is 0 Å². The van der Waals surface area contributed by atoms with Gasteiger partial charge in [0.15, 0.2) is 0 Å². The summed E-state index contributed by atoms with van der Waals surface area (Å²) >= 11 is 0. The van der Waals surface area contributed by atoms with Crippen molar-refractivity contribution in [1.29, 1.82) is 0 Å². The number of carboxylic acid groups (broad SMARTS) is 1. The van der Waals surface area contributed by atoms with Gasteiger partial charge in [0, 0.05) is 19.5 Å². The molecule has 0 aromatic rings. The highest BCUT2D eigenvalue weighted by molar-refractivity contribution is 5.73. The fraction of sp³-hybridized carbons (Fsp3) is 0.875. The van der Waals surface area contributed by atoms with Crippen LogP contribution >= 0.6 is 0 Å². The summed E-state index contributed by atoms with van der Waals surface area (Å²) < 4.78 is 0. The Morgan fingerprint density at radius 3 is 1.76 bits per heavy atom. The molecular weight excluding hydrogens is 268 g/mol. The predicted molar refractivity (Wildman–Crippen MR) is 85.5 cm³/mol. The van der Waals surface area contributed by atoms with Gasteiger partial charge in [0.05, 0.1) is 0 Å². The van der Waals surface area contributed by atoms with Crippen molar-refractivity contribution in [1.82, 2.24) is 10.6 Å². The molecule has 21 heavy (non-hydrogen) atoms. The van der Waals surface area contributed by atoms with Crippen molar-refractivity contribution in [2.24, 2.45) is 0 Å². The van der Waals surface area contributed by atoms with Crippen molar-refractivity contribution < 1.29 is 14.7 Å². The molecule has 0 fully saturated rings. The summed E-state index contributed by atoms with van der Waals surface area (Å²) in [6.45, 7) is 3.48. The molecule has 0 bridgehead atoms. The Hall–Kier alpha value is -1.26. The van der Waals surface area contributed by atoms with Crippen molar-refractivity contribution in [2.45, 2.75) is 77.6 Å². The maximum absolute atomic E-state index is 11.4. The molecule has 0 aromatic heterocycles. The van der Waals surface area contributed by atoms with Gasteiger partial charge in [-0.25, -0.2) is 4.79 Å². The Kier molecular flexibility index (Phi) is 14.2. The van der Waals surface area contributed by atoms with E-state index in [1.165, 1.54) is 44.9 Å². The Balaban J connectivity index is 3.17. The zero-order chi connectivity index (χ0) is 15.8. The van der Waals surface area contributed by atoms with Gasteiger partial charge in [0.25, 0.3) is 0 Å². The maximum atomic E-state index is 11.4. The van der Waals surface area contributed by atoms with Crippen LogP contribution in [0, 0.1) is 0 Å². The third-order valence-electron chi connectivity index (χ3n) is 3.42. The number of hydrogen-bond acceptors (Lipinski definition) is 2. The number of carbonyl (C=O) groups is 2. The van der Waals surface area contributed by atoms with Gasteiger partial charge in [0.1, 0.15) is 0 Å². The lowest BCUT2D eigenvalue weighted by Gasteiger charge is -2.07. The van der Waals surface area contributed by atoms with Gasteiger partial charge < -0.3 is 15.7 Å². The van der Waals surface area contributed by atoms with Gasteiger partial charge in [-0.3, -0.25) is 4.79 Å². The summed E-state index contributed by atoms with van der Waals surface area (Å²) in [5.41, 5.74) is 0. The number of carbonyl (C=O) groups excluding carboxylic acids is 1. The average Bonchev–Trinajstić information content (AvgIpc) is 2.45. The highest BCUT2D eigenvalue weighted by atomic mass is 16.4. The predicted octanol–water partition coefficient (Wildman–Crippen LogP) is 3.68. The lowest BCUT2D eigenvalue weighted by molar-refractivity contribution is -0.137. The van der Waals surface area contributed by atoms with E-state index in [-0.39, 0.29) is 12.5 Å². The topological polar surface area (TPSA) is 78.4 Å². The second-order valence-electron chi connectivity index (χ2n) is 5.51. The normalized spacial score (nSPS) is 10.3. The minimum atomic E-state index is -0.783. The number of carboxylic acids is 1. The molecule has 3 N–H and O–H groups in total. The zero-order valence-electron chi connectivity index (χ0n) is 13.5. The number of nitrogens with one attached hydrogen (secondary N) is 2. The highest BCUT2D eigenvalue weighted by Crippen LogP contribution is 2.07. The van der Waals surface area contributed by atoms with Crippen LogP contribution in [-0.4, -0.2) is 30.2 Å². The molecule has 2 amide bonds. The van der Waals surface area contributed by atoms with Crippen LogP contribution in [0.25, 0.3) is 0 Å². The number of unbranched alkanes of at least 4 members (excludes halogenated alkanes) is 8. The van der Waals surface area contributed by atoms with Crippen molar-refractivity contribution >= 4 is 12.0 Å². The monoisotopic (exact) mass is 300 g/mol. The first-order valence-electron chi connectivity index (χ1n) is 8.40. The SMILES string of the molecule is CCCCCCCCCCNC(=O)NCCCCC(=O)O. The van der Waals surface area contributed by atoms with Crippen LogP contribution in [-0.2, 0) is 4.79 Å². The van der Waals surface area contributed by atoms with Crippen molar-refractivity contribution in [2.75, 3.05) is 13.1 Å². The molecule has 0 aliphatic heterocycles. The van der Waals surface area contributed by atoms with E-state index in [2.05, 4.69) is 17.6 Å². The first-order chi connectivity index (χ1) is 10.2. The maximum Gasteiger partial charge on any atom is 0.314 e. The fourth-order valence-corrected chi connectivity index (χ4v) is 2.13. The van der Waals surface area contributed by atoms with Crippen LogP contribution in [0.5, 0.6) is 0 Å². The number of urea groups is 1. The fourth-order valence-electron chi connectivity index (χ4n) is 2.13. The van der Waals surface area contributed by atoms with Gasteiger partial charge in [0.2, 0.25) is 0 Å². The molecule has 0 saturated carbocycles. The van der Waals surface area contributed by atoms with Gasteiger partial charge >= 0.3 is 12.0 Å². The lowest BCUT2D eigenvalue weighted by atomic mass is 10.1. The Morgan fingerprint density at radius 1 is 0.762 bits per heavy atom. The minimum Gasteiger partial charge on any atom is -0.481 e. The molecule has 0 radical (unpaired) electrons. The minimum absolute atomic E-state index is 0.145. The summed E-state index contributed by atoms with van der Waals surface area (Å²) in [7, 11) is 0. The molecule has 0 aromatic carbocycles. The first kappa shape index (κ1) is 19.7. The standard InChI is InChI=1S/C16H32N2O3/c1-2-3-4-5-6-7-8-10-13-17-16(21)18-14-11-9-12-15(19)20/h2-14H2,1H3,(H,19,20)(H2,17,18,21). The summed E-state index contributed by atoms with van der Waals surface area (Å²) in [4.78, 5) is 21.7. The van der Waals surface area contributed by atoms with E-state index in [0.717, 1.165) is 13.0 Å². The molecule has 5 nitrogen and oxygen atoms in total. The van der Waals surface area contributed by atoms with Crippen LogP contribution in [0.1, 0.15) is 77.6 Å². The van der Waals surface area contributed by atoms with E-state index in [1.807, 2.05) is 0 Å². The zero-order valence-corrected chi connectivity index (χ0v) is 13.5. The van der Waals surface area contributed by atoms with Crippen LogP contribution < -0.4 is 10.6 Å². The quantitative estimate of drug-likeness (QED) is 0.428. The van der Waals surface area contributed by atoms with Crippen molar-refractivity contribution in [3.8, 4) is 0 Å². The van der Waals surface area contributed by atoms with Gasteiger partial charge in [-0.15, -0.1) is 0 Å². The molecule has 0 spiro atoms. The smallest absolute Gasteiger partial charge is 0.314 e.